The largest absolute Gasteiger partial charge is 0.420 e. The van der Waals surface area contributed by atoms with Crippen molar-refractivity contribution in [3.63, 3.8) is 0 Å². The lowest BCUT2D eigenvalue weighted by molar-refractivity contribution is -0.384. The molecule has 132 valence electrons. The molecule has 1 aliphatic carbocycles. The molecule has 0 radical (unpaired) electrons. The van der Waals surface area contributed by atoms with E-state index in [4.69, 9.17) is 4.42 Å². The minimum absolute atomic E-state index is 0.0490. The number of benzene rings is 1. The van der Waals surface area contributed by atoms with Gasteiger partial charge in [0.25, 0.3) is 5.69 Å². The fourth-order valence-corrected chi connectivity index (χ4v) is 2.92. The number of non-ortho nitro benzene ring substituents is 1. The Labute approximate surface area is 140 Å². The van der Waals surface area contributed by atoms with Crippen LogP contribution in [0.4, 0.5) is 10.5 Å². The number of nitro groups is 1. The molecule has 3 amide bonds. The van der Waals surface area contributed by atoms with E-state index in [2.05, 4.69) is 10.6 Å². The first-order chi connectivity index (χ1) is 11.9. The van der Waals surface area contributed by atoms with Crippen molar-refractivity contribution in [3.05, 3.63) is 38.9 Å². The molecule has 0 aliphatic heterocycles. The summed E-state index contributed by atoms with van der Waals surface area (Å²) < 4.78 is 5.90. The van der Waals surface area contributed by atoms with Crippen LogP contribution in [-0.4, -0.2) is 27.5 Å². The number of aromatic nitrogens is 1. The molecule has 2 N–H and O–H groups in total. The molecule has 0 spiro atoms. The number of oxazole rings is 1. The highest BCUT2D eigenvalue weighted by Gasteiger charge is 2.20. The summed E-state index contributed by atoms with van der Waals surface area (Å²) in [6, 6.07) is 3.06. The molecule has 0 bridgehead atoms. The van der Waals surface area contributed by atoms with E-state index < -0.39 is 29.2 Å². The Bertz CT molecular complexity index is 893. The van der Waals surface area contributed by atoms with Crippen molar-refractivity contribution in [1.82, 2.24) is 15.2 Å². The third kappa shape index (κ3) is 3.67. The minimum atomic E-state index is -0.832. The van der Waals surface area contributed by atoms with E-state index in [1.54, 1.807) is 0 Å². The van der Waals surface area contributed by atoms with Crippen LogP contribution >= 0.6 is 0 Å². The number of hydrogen-bond acceptors (Lipinski definition) is 6. The van der Waals surface area contributed by atoms with Gasteiger partial charge in [0.15, 0.2) is 5.58 Å². The molecular weight excluding hydrogens is 332 g/mol. The number of carbonyl (C=O) groups is 2. The molecule has 1 aromatic carbocycles. The maximum Gasteiger partial charge on any atom is 0.420 e. The maximum atomic E-state index is 12.0. The van der Waals surface area contributed by atoms with Gasteiger partial charge in [-0.25, -0.2) is 9.59 Å². The van der Waals surface area contributed by atoms with Crippen LogP contribution in [0.25, 0.3) is 11.1 Å². The Kier molecular flexibility index (Phi) is 4.50. The average Bonchev–Trinajstić information content (AvgIpc) is 3.15. The van der Waals surface area contributed by atoms with E-state index in [1.165, 1.54) is 12.1 Å². The number of carbonyl (C=O) groups excluding carboxylic acids is 2. The predicted molar refractivity (Wildman–Crippen MR) is 86.1 cm³/mol. The van der Waals surface area contributed by atoms with Crippen LogP contribution in [0.3, 0.4) is 0 Å². The van der Waals surface area contributed by atoms with Gasteiger partial charge in [0.2, 0.25) is 5.91 Å². The highest BCUT2D eigenvalue weighted by molar-refractivity contribution is 5.94. The van der Waals surface area contributed by atoms with Crippen molar-refractivity contribution < 1.29 is 18.9 Å². The van der Waals surface area contributed by atoms with Crippen molar-refractivity contribution in [3.8, 4) is 0 Å². The average molecular weight is 348 g/mol. The zero-order chi connectivity index (χ0) is 18.0. The van der Waals surface area contributed by atoms with Crippen LogP contribution in [0.15, 0.2) is 27.4 Å². The van der Waals surface area contributed by atoms with Gasteiger partial charge in [-0.2, -0.15) is 0 Å². The lowest BCUT2D eigenvalue weighted by Gasteiger charge is -2.12. The number of nitrogens with zero attached hydrogens (tertiary/aromatic N) is 2. The molecule has 10 heteroatoms. The fraction of sp³-hybridized carbons (Fsp3) is 0.400. The number of amides is 3. The van der Waals surface area contributed by atoms with Crippen LogP contribution in [0.2, 0.25) is 0 Å². The number of nitro benzene ring substituents is 1. The van der Waals surface area contributed by atoms with Gasteiger partial charge in [-0.1, -0.05) is 12.8 Å². The van der Waals surface area contributed by atoms with Gasteiger partial charge >= 0.3 is 11.8 Å². The second-order valence-electron chi connectivity index (χ2n) is 5.87. The normalized spacial score (nSPS) is 14.6. The Morgan fingerprint density at radius 1 is 1.32 bits per heavy atom. The zero-order valence-electron chi connectivity index (χ0n) is 13.2. The van der Waals surface area contributed by atoms with Crippen LogP contribution in [0.1, 0.15) is 25.7 Å². The van der Waals surface area contributed by atoms with Gasteiger partial charge < -0.3 is 9.73 Å². The second kappa shape index (κ2) is 6.75. The smallest absolute Gasteiger partial charge is 0.408 e. The maximum absolute atomic E-state index is 12.0. The molecule has 1 aliphatic rings. The Morgan fingerprint density at radius 2 is 2.04 bits per heavy atom. The van der Waals surface area contributed by atoms with Crippen LogP contribution in [0.5, 0.6) is 0 Å². The third-order valence-electron chi connectivity index (χ3n) is 4.11. The number of imide groups is 1. The zero-order valence-corrected chi connectivity index (χ0v) is 13.2. The monoisotopic (exact) mass is 348 g/mol. The van der Waals surface area contributed by atoms with Gasteiger partial charge in [0.1, 0.15) is 6.54 Å². The van der Waals surface area contributed by atoms with Gasteiger partial charge in [0, 0.05) is 18.2 Å². The summed E-state index contributed by atoms with van der Waals surface area (Å²) in [5.74, 6) is -1.55. The molecule has 0 saturated heterocycles. The summed E-state index contributed by atoms with van der Waals surface area (Å²) in [5.41, 5.74) is 0.00536. The van der Waals surface area contributed by atoms with Crippen LogP contribution in [0, 0.1) is 10.1 Å². The molecule has 0 unspecified atom stereocenters. The summed E-state index contributed by atoms with van der Waals surface area (Å²) in [6.45, 7) is -0.481. The molecule has 0 atom stereocenters. The number of urea groups is 1. The molecule has 1 aromatic heterocycles. The van der Waals surface area contributed by atoms with Gasteiger partial charge in [-0.05, 0) is 18.9 Å². The number of hydrogen-bond donors (Lipinski definition) is 2. The summed E-state index contributed by atoms with van der Waals surface area (Å²) in [5, 5.41) is 15.7. The first kappa shape index (κ1) is 16.7. The SMILES string of the molecule is O=C(Cn1c(=O)oc2ccc([N+](=O)[O-])cc21)NC(=O)NC1CCCC1. The minimum Gasteiger partial charge on any atom is -0.408 e. The quantitative estimate of drug-likeness (QED) is 0.630. The lowest BCUT2D eigenvalue weighted by atomic mass is 10.2. The highest BCUT2D eigenvalue weighted by atomic mass is 16.6. The molecule has 1 saturated carbocycles. The highest BCUT2D eigenvalue weighted by Crippen LogP contribution is 2.20. The van der Waals surface area contributed by atoms with Crippen molar-refractivity contribution in [2.24, 2.45) is 0 Å². The van der Waals surface area contributed by atoms with Crippen LogP contribution < -0.4 is 16.4 Å². The van der Waals surface area contributed by atoms with E-state index in [9.17, 15) is 24.5 Å². The molecule has 10 nitrogen and oxygen atoms in total. The van der Waals surface area contributed by atoms with E-state index in [0.29, 0.717) is 0 Å². The van der Waals surface area contributed by atoms with E-state index in [-0.39, 0.29) is 22.8 Å². The standard InChI is InChI=1S/C15H16N4O6/c20-13(17-14(21)16-9-3-1-2-4-9)8-18-11-7-10(19(23)24)5-6-12(11)25-15(18)22/h5-7,9H,1-4,8H2,(H2,16,17,20,21). The van der Waals surface area contributed by atoms with Crippen molar-refractivity contribution in [2.45, 2.75) is 38.3 Å². The molecule has 2 aromatic rings. The molecule has 25 heavy (non-hydrogen) atoms. The first-order valence-electron chi connectivity index (χ1n) is 7.82. The summed E-state index contributed by atoms with van der Waals surface area (Å²) >= 11 is 0. The van der Waals surface area contributed by atoms with Gasteiger partial charge in [-0.3, -0.25) is 24.8 Å². The number of rotatable bonds is 4. The Morgan fingerprint density at radius 3 is 2.72 bits per heavy atom. The van der Waals surface area contributed by atoms with Crippen molar-refractivity contribution in [1.29, 1.82) is 0 Å². The molecular formula is C15H16N4O6. The van der Waals surface area contributed by atoms with Crippen molar-refractivity contribution >= 4 is 28.7 Å². The predicted octanol–water partition coefficient (Wildman–Crippen LogP) is 1.27. The molecule has 1 heterocycles. The van der Waals surface area contributed by atoms with E-state index in [0.717, 1.165) is 36.3 Å². The summed E-state index contributed by atoms with van der Waals surface area (Å²) in [4.78, 5) is 45.9. The van der Waals surface area contributed by atoms with E-state index >= 15 is 0 Å². The second-order valence-corrected chi connectivity index (χ2v) is 5.87. The third-order valence-corrected chi connectivity index (χ3v) is 4.11. The Hall–Kier alpha value is -3.17. The lowest BCUT2D eigenvalue weighted by Crippen LogP contribution is -2.45. The molecule has 1 fully saturated rings. The molecule has 3 rings (SSSR count). The van der Waals surface area contributed by atoms with Gasteiger partial charge in [0.05, 0.1) is 10.4 Å². The van der Waals surface area contributed by atoms with E-state index in [1.807, 2.05) is 0 Å². The van der Waals surface area contributed by atoms with Gasteiger partial charge in [-0.15, -0.1) is 0 Å². The Balaban J connectivity index is 1.73. The summed E-state index contributed by atoms with van der Waals surface area (Å²) in [6.07, 6.45) is 3.82. The van der Waals surface area contributed by atoms with Crippen LogP contribution in [-0.2, 0) is 11.3 Å². The summed E-state index contributed by atoms with van der Waals surface area (Å²) in [7, 11) is 0. The van der Waals surface area contributed by atoms with Crippen molar-refractivity contribution in [2.75, 3.05) is 0 Å². The first-order valence-corrected chi connectivity index (χ1v) is 7.82. The topological polar surface area (TPSA) is 136 Å². The number of fused-ring (bicyclic) bond motifs is 1. The number of nitrogens with one attached hydrogen (secondary N) is 2. The fourth-order valence-electron chi connectivity index (χ4n) is 2.92.